The maximum absolute atomic E-state index is 9.68. The number of H-pyrrole nitrogens is 1. The standard InChI is InChI=1S/C17H14N2O2/c20-9-12-7-11(5-6-15(12)21)16-14-8-10-3-1-2-4-13(10)17(14)19-18-16/h1-7,20-21H,8-9H2,(H,18,19). The van der Waals surface area contributed by atoms with Crippen molar-refractivity contribution >= 4 is 0 Å². The molecule has 4 nitrogen and oxygen atoms in total. The van der Waals surface area contributed by atoms with Gasteiger partial charge in [-0.15, -0.1) is 0 Å². The number of aliphatic hydroxyl groups is 1. The van der Waals surface area contributed by atoms with Gasteiger partial charge in [-0.2, -0.15) is 5.10 Å². The van der Waals surface area contributed by atoms with E-state index in [2.05, 4.69) is 22.3 Å². The summed E-state index contributed by atoms with van der Waals surface area (Å²) in [5, 5.41) is 26.5. The number of hydrogen-bond acceptors (Lipinski definition) is 3. The number of aromatic nitrogens is 2. The summed E-state index contributed by atoms with van der Waals surface area (Å²) in [6.07, 6.45) is 0.854. The van der Waals surface area contributed by atoms with Gasteiger partial charge in [-0.3, -0.25) is 5.10 Å². The molecule has 0 saturated heterocycles. The highest BCUT2D eigenvalue weighted by atomic mass is 16.3. The third-order valence-corrected chi connectivity index (χ3v) is 4.04. The highest BCUT2D eigenvalue weighted by Crippen LogP contribution is 2.40. The first kappa shape index (κ1) is 12.2. The SMILES string of the molecule is OCc1cc(-c2n[nH]c3c2Cc2ccccc2-3)ccc1O. The Hall–Kier alpha value is -2.59. The molecule has 0 amide bonds. The van der Waals surface area contributed by atoms with Gasteiger partial charge in [0, 0.05) is 28.7 Å². The second-order valence-corrected chi connectivity index (χ2v) is 5.26. The van der Waals surface area contributed by atoms with Crippen LogP contribution in [0.1, 0.15) is 16.7 Å². The lowest BCUT2D eigenvalue weighted by atomic mass is 10.0. The van der Waals surface area contributed by atoms with Crippen molar-refractivity contribution in [2.24, 2.45) is 0 Å². The second-order valence-electron chi connectivity index (χ2n) is 5.26. The van der Waals surface area contributed by atoms with E-state index in [4.69, 9.17) is 0 Å². The van der Waals surface area contributed by atoms with E-state index in [-0.39, 0.29) is 12.4 Å². The molecule has 1 aromatic heterocycles. The molecule has 1 aliphatic rings. The Balaban J connectivity index is 1.85. The molecule has 1 aliphatic carbocycles. The number of hydrogen-bond donors (Lipinski definition) is 3. The summed E-state index contributed by atoms with van der Waals surface area (Å²) in [7, 11) is 0. The first-order valence-electron chi connectivity index (χ1n) is 6.86. The summed E-state index contributed by atoms with van der Waals surface area (Å²) in [5.41, 5.74) is 7.04. The van der Waals surface area contributed by atoms with Gasteiger partial charge in [0.05, 0.1) is 18.0 Å². The van der Waals surface area contributed by atoms with E-state index in [1.807, 2.05) is 18.2 Å². The van der Waals surface area contributed by atoms with Crippen LogP contribution >= 0.6 is 0 Å². The van der Waals surface area contributed by atoms with Gasteiger partial charge in [-0.05, 0) is 23.8 Å². The molecule has 3 N–H and O–H groups in total. The van der Waals surface area contributed by atoms with Crippen LogP contribution in [-0.2, 0) is 13.0 Å². The zero-order valence-corrected chi connectivity index (χ0v) is 11.3. The first-order valence-corrected chi connectivity index (χ1v) is 6.86. The molecule has 0 saturated carbocycles. The topological polar surface area (TPSA) is 69.1 Å². The molecule has 104 valence electrons. The fourth-order valence-corrected chi connectivity index (χ4v) is 2.97. The Morgan fingerprint density at radius 2 is 2.00 bits per heavy atom. The number of phenols is 1. The summed E-state index contributed by atoms with van der Waals surface area (Å²) in [6.45, 7) is -0.188. The van der Waals surface area contributed by atoms with Crippen molar-refractivity contribution in [3.8, 4) is 28.3 Å². The maximum Gasteiger partial charge on any atom is 0.121 e. The number of aromatic hydroxyl groups is 1. The maximum atomic E-state index is 9.68. The predicted molar refractivity (Wildman–Crippen MR) is 79.9 cm³/mol. The summed E-state index contributed by atoms with van der Waals surface area (Å²) < 4.78 is 0. The molecule has 0 bridgehead atoms. The van der Waals surface area contributed by atoms with Crippen LogP contribution < -0.4 is 0 Å². The summed E-state index contributed by atoms with van der Waals surface area (Å²) in [4.78, 5) is 0. The molecule has 0 radical (unpaired) electrons. The van der Waals surface area contributed by atoms with Crippen LogP contribution in [0.3, 0.4) is 0 Å². The van der Waals surface area contributed by atoms with E-state index in [1.54, 1.807) is 12.1 Å². The van der Waals surface area contributed by atoms with Crippen LogP contribution in [0.25, 0.3) is 22.5 Å². The molecule has 0 spiro atoms. The Labute approximate surface area is 121 Å². The fraction of sp³-hybridized carbons (Fsp3) is 0.118. The molecule has 21 heavy (non-hydrogen) atoms. The number of nitrogens with one attached hydrogen (secondary N) is 1. The lowest BCUT2D eigenvalue weighted by Gasteiger charge is -2.05. The largest absolute Gasteiger partial charge is 0.508 e. The minimum absolute atomic E-state index is 0.108. The van der Waals surface area contributed by atoms with Gasteiger partial charge in [-0.1, -0.05) is 24.3 Å². The van der Waals surface area contributed by atoms with Crippen LogP contribution in [0.15, 0.2) is 42.5 Å². The number of rotatable bonds is 2. The van der Waals surface area contributed by atoms with Crippen molar-refractivity contribution in [1.29, 1.82) is 0 Å². The smallest absolute Gasteiger partial charge is 0.121 e. The Morgan fingerprint density at radius 3 is 2.86 bits per heavy atom. The molecule has 0 atom stereocenters. The fourth-order valence-electron chi connectivity index (χ4n) is 2.97. The Kier molecular flexibility index (Phi) is 2.59. The third kappa shape index (κ3) is 1.76. The Morgan fingerprint density at radius 1 is 1.14 bits per heavy atom. The van der Waals surface area contributed by atoms with E-state index in [9.17, 15) is 10.2 Å². The average Bonchev–Trinajstić information content (AvgIpc) is 3.07. The summed E-state index contributed by atoms with van der Waals surface area (Å²) in [6, 6.07) is 13.5. The minimum atomic E-state index is -0.188. The Bertz CT molecular complexity index is 837. The predicted octanol–water partition coefficient (Wildman–Crippen LogP) is 2.85. The average molecular weight is 278 g/mol. The normalized spacial score (nSPS) is 12.2. The van der Waals surface area contributed by atoms with Crippen molar-refractivity contribution in [3.05, 3.63) is 59.2 Å². The van der Waals surface area contributed by atoms with Crippen molar-refractivity contribution in [2.45, 2.75) is 13.0 Å². The van der Waals surface area contributed by atoms with E-state index < -0.39 is 0 Å². The second kappa shape index (κ2) is 4.46. The molecular weight excluding hydrogens is 264 g/mol. The molecule has 4 rings (SSSR count). The van der Waals surface area contributed by atoms with Crippen molar-refractivity contribution in [3.63, 3.8) is 0 Å². The molecule has 2 aromatic carbocycles. The lowest BCUT2D eigenvalue weighted by Crippen LogP contribution is -1.90. The monoisotopic (exact) mass is 278 g/mol. The molecule has 1 heterocycles. The van der Waals surface area contributed by atoms with Gasteiger partial charge in [0.25, 0.3) is 0 Å². The number of aliphatic hydroxyl groups excluding tert-OH is 1. The van der Waals surface area contributed by atoms with E-state index >= 15 is 0 Å². The number of fused-ring (bicyclic) bond motifs is 3. The lowest BCUT2D eigenvalue weighted by molar-refractivity contribution is 0.275. The van der Waals surface area contributed by atoms with Gasteiger partial charge in [-0.25, -0.2) is 0 Å². The molecule has 3 aromatic rings. The summed E-state index contributed by atoms with van der Waals surface area (Å²) in [5.74, 6) is 0.108. The zero-order chi connectivity index (χ0) is 14.4. The molecule has 0 fully saturated rings. The van der Waals surface area contributed by atoms with Crippen LogP contribution in [0.5, 0.6) is 5.75 Å². The van der Waals surface area contributed by atoms with E-state index in [1.165, 1.54) is 16.7 Å². The first-order chi connectivity index (χ1) is 10.3. The van der Waals surface area contributed by atoms with Crippen molar-refractivity contribution in [1.82, 2.24) is 10.2 Å². The van der Waals surface area contributed by atoms with Crippen LogP contribution in [0.4, 0.5) is 0 Å². The van der Waals surface area contributed by atoms with Crippen LogP contribution in [0, 0.1) is 0 Å². The highest BCUT2D eigenvalue weighted by molar-refractivity contribution is 5.81. The molecule has 0 aliphatic heterocycles. The van der Waals surface area contributed by atoms with Crippen molar-refractivity contribution < 1.29 is 10.2 Å². The zero-order valence-electron chi connectivity index (χ0n) is 11.3. The molecule has 4 heteroatoms. The summed E-state index contributed by atoms with van der Waals surface area (Å²) >= 11 is 0. The quantitative estimate of drug-likeness (QED) is 0.528. The van der Waals surface area contributed by atoms with Gasteiger partial charge < -0.3 is 10.2 Å². The van der Waals surface area contributed by atoms with E-state index in [0.29, 0.717) is 5.56 Å². The van der Waals surface area contributed by atoms with Crippen LogP contribution in [-0.4, -0.2) is 20.4 Å². The van der Waals surface area contributed by atoms with Gasteiger partial charge in [0.1, 0.15) is 5.75 Å². The number of benzene rings is 2. The van der Waals surface area contributed by atoms with E-state index in [0.717, 1.165) is 23.4 Å². The number of aromatic amines is 1. The van der Waals surface area contributed by atoms with Gasteiger partial charge in [0.2, 0.25) is 0 Å². The minimum Gasteiger partial charge on any atom is -0.508 e. The van der Waals surface area contributed by atoms with Gasteiger partial charge >= 0.3 is 0 Å². The van der Waals surface area contributed by atoms with Gasteiger partial charge in [0.15, 0.2) is 0 Å². The third-order valence-electron chi connectivity index (χ3n) is 4.04. The molecular formula is C17H14N2O2. The van der Waals surface area contributed by atoms with Crippen LogP contribution in [0.2, 0.25) is 0 Å². The van der Waals surface area contributed by atoms with Crippen molar-refractivity contribution in [2.75, 3.05) is 0 Å². The molecule has 0 unspecified atom stereocenters. The highest BCUT2D eigenvalue weighted by Gasteiger charge is 2.24. The number of nitrogens with zero attached hydrogens (tertiary/aromatic N) is 1.